The first-order chi connectivity index (χ1) is 8.18. The summed E-state index contributed by atoms with van der Waals surface area (Å²) in [6.07, 6.45) is 1.58. The number of ether oxygens (including phenoxy) is 1. The van der Waals surface area contributed by atoms with Crippen LogP contribution in [0.15, 0.2) is 41.0 Å². The molecule has 0 saturated carbocycles. The van der Waals surface area contributed by atoms with Gasteiger partial charge in [-0.25, -0.2) is 9.37 Å². The molecule has 0 atom stereocenters. The summed E-state index contributed by atoms with van der Waals surface area (Å²) < 4.78 is 19.1. The molecule has 0 aliphatic rings. The van der Waals surface area contributed by atoms with Gasteiger partial charge in [-0.05, 0) is 34.1 Å². The summed E-state index contributed by atoms with van der Waals surface area (Å²) in [7, 11) is 0. The van der Waals surface area contributed by atoms with E-state index >= 15 is 0 Å². The Balaban J connectivity index is 2.13. The topological polar surface area (TPSA) is 22.1 Å². The van der Waals surface area contributed by atoms with Crippen molar-refractivity contribution in [3.8, 4) is 5.75 Å². The second-order valence-corrected chi connectivity index (χ2v) is 4.44. The van der Waals surface area contributed by atoms with E-state index in [4.69, 9.17) is 16.3 Å². The zero-order chi connectivity index (χ0) is 12.3. The highest BCUT2D eigenvalue weighted by Crippen LogP contribution is 2.25. The monoisotopic (exact) mass is 315 g/mol. The molecule has 2 aromatic rings. The van der Waals surface area contributed by atoms with Crippen molar-refractivity contribution in [2.75, 3.05) is 0 Å². The van der Waals surface area contributed by atoms with E-state index < -0.39 is 0 Å². The van der Waals surface area contributed by atoms with Gasteiger partial charge in [-0.15, -0.1) is 0 Å². The lowest BCUT2D eigenvalue weighted by Gasteiger charge is -2.08. The predicted octanol–water partition coefficient (Wildman–Crippen LogP) is 4.22. The van der Waals surface area contributed by atoms with E-state index in [9.17, 15) is 4.39 Å². The Kier molecular flexibility index (Phi) is 3.97. The Morgan fingerprint density at radius 3 is 2.88 bits per heavy atom. The molecule has 0 aliphatic heterocycles. The normalized spacial score (nSPS) is 10.3. The van der Waals surface area contributed by atoms with E-state index in [-0.39, 0.29) is 12.4 Å². The van der Waals surface area contributed by atoms with Crippen LogP contribution in [0.3, 0.4) is 0 Å². The lowest BCUT2D eigenvalue weighted by molar-refractivity contribution is 0.303. The van der Waals surface area contributed by atoms with Crippen LogP contribution in [-0.4, -0.2) is 4.98 Å². The Labute approximate surface area is 112 Å². The molecule has 1 aromatic heterocycles. The highest BCUT2D eigenvalue weighted by molar-refractivity contribution is 9.10. The molecule has 0 amide bonds. The van der Waals surface area contributed by atoms with Crippen molar-refractivity contribution in [3.63, 3.8) is 0 Å². The van der Waals surface area contributed by atoms with Gasteiger partial charge in [0.15, 0.2) is 10.9 Å². The molecule has 0 unspecified atom stereocenters. The lowest BCUT2D eigenvalue weighted by atomic mass is 10.2. The van der Waals surface area contributed by atoms with Gasteiger partial charge in [-0.1, -0.05) is 23.7 Å². The molecule has 0 aliphatic carbocycles. The van der Waals surface area contributed by atoms with Crippen LogP contribution in [0.2, 0.25) is 5.15 Å². The third-order valence-corrected chi connectivity index (χ3v) is 3.31. The van der Waals surface area contributed by atoms with Crippen molar-refractivity contribution in [3.05, 3.63) is 57.5 Å². The first-order valence-electron chi connectivity index (χ1n) is 4.84. The van der Waals surface area contributed by atoms with E-state index in [1.54, 1.807) is 30.5 Å². The molecule has 88 valence electrons. The first-order valence-corrected chi connectivity index (χ1v) is 6.02. The number of nitrogens with zero attached hydrogens (tertiary/aromatic N) is 1. The smallest absolute Gasteiger partial charge is 0.171 e. The number of rotatable bonds is 3. The molecule has 0 N–H and O–H groups in total. The molecular formula is C12H8BrClFNO. The number of halogens is 3. The number of benzene rings is 1. The van der Waals surface area contributed by atoms with Gasteiger partial charge in [0.05, 0.1) is 4.47 Å². The number of aromatic nitrogens is 1. The van der Waals surface area contributed by atoms with E-state index in [1.165, 1.54) is 6.07 Å². The van der Waals surface area contributed by atoms with Crippen molar-refractivity contribution < 1.29 is 9.13 Å². The Hall–Kier alpha value is -1.13. The minimum Gasteiger partial charge on any atom is -0.486 e. The molecule has 0 bridgehead atoms. The van der Waals surface area contributed by atoms with Gasteiger partial charge < -0.3 is 4.74 Å². The highest BCUT2D eigenvalue weighted by atomic mass is 79.9. The largest absolute Gasteiger partial charge is 0.486 e. The van der Waals surface area contributed by atoms with E-state index in [2.05, 4.69) is 20.9 Å². The molecule has 0 saturated heterocycles. The predicted molar refractivity (Wildman–Crippen MR) is 67.7 cm³/mol. The van der Waals surface area contributed by atoms with Gasteiger partial charge in [0.1, 0.15) is 12.4 Å². The SMILES string of the molecule is Fc1cccc(COc2cccnc2Cl)c1Br. The Morgan fingerprint density at radius 2 is 2.12 bits per heavy atom. The van der Waals surface area contributed by atoms with Gasteiger partial charge in [-0.2, -0.15) is 0 Å². The summed E-state index contributed by atoms with van der Waals surface area (Å²) in [6, 6.07) is 8.22. The fourth-order valence-corrected chi connectivity index (χ4v) is 1.85. The molecule has 0 radical (unpaired) electrons. The fourth-order valence-electron chi connectivity index (χ4n) is 1.29. The maximum atomic E-state index is 13.2. The number of hydrogen-bond donors (Lipinski definition) is 0. The van der Waals surface area contributed by atoms with Gasteiger partial charge in [-0.3, -0.25) is 0 Å². The molecule has 2 rings (SSSR count). The summed E-state index contributed by atoms with van der Waals surface area (Å²) in [5.41, 5.74) is 0.713. The summed E-state index contributed by atoms with van der Waals surface area (Å²) in [5, 5.41) is 0.292. The zero-order valence-corrected chi connectivity index (χ0v) is 11.0. The molecule has 0 fully saturated rings. The average molecular weight is 317 g/mol. The quantitative estimate of drug-likeness (QED) is 0.791. The second-order valence-electron chi connectivity index (χ2n) is 3.29. The van der Waals surface area contributed by atoms with Crippen molar-refractivity contribution >= 4 is 27.5 Å². The van der Waals surface area contributed by atoms with E-state index in [1.807, 2.05) is 0 Å². The van der Waals surface area contributed by atoms with Crippen LogP contribution in [0.25, 0.3) is 0 Å². The van der Waals surface area contributed by atoms with Crippen LogP contribution in [0.1, 0.15) is 5.56 Å². The summed E-state index contributed by atoms with van der Waals surface area (Å²) in [6.45, 7) is 0.226. The standard InChI is InChI=1S/C12H8BrClFNO/c13-11-8(3-1-4-9(11)15)7-17-10-5-2-6-16-12(10)14/h1-6H,7H2. The van der Waals surface area contributed by atoms with Crippen LogP contribution >= 0.6 is 27.5 Å². The Bertz CT molecular complexity index is 536. The molecule has 1 heterocycles. The number of hydrogen-bond acceptors (Lipinski definition) is 2. The van der Waals surface area contributed by atoms with Crippen LogP contribution in [0, 0.1) is 5.82 Å². The maximum Gasteiger partial charge on any atom is 0.171 e. The maximum absolute atomic E-state index is 13.2. The van der Waals surface area contributed by atoms with Gasteiger partial charge >= 0.3 is 0 Å². The van der Waals surface area contributed by atoms with Crippen molar-refractivity contribution in [2.24, 2.45) is 0 Å². The van der Waals surface area contributed by atoms with Crippen molar-refractivity contribution in [1.29, 1.82) is 0 Å². The van der Waals surface area contributed by atoms with Gasteiger partial charge in [0.25, 0.3) is 0 Å². The van der Waals surface area contributed by atoms with Crippen molar-refractivity contribution in [2.45, 2.75) is 6.61 Å². The molecule has 0 spiro atoms. The van der Waals surface area contributed by atoms with E-state index in [0.29, 0.717) is 20.9 Å². The average Bonchev–Trinajstić information content (AvgIpc) is 2.33. The molecule has 5 heteroatoms. The number of pyridine rings is 1. The summed E-state index contributed by atoms with van der Waals surface area (Å²) in [4.78, 5) is 3.89. The molecule has 2 nitrogen and oxygen atoms in total. The Morgan fingerprint density at radius 1 is 1.29 bits per heavy atom. The minimum atomic E-state index is -0.316. The van der Waals surface area contributed by atoms with Crippen LogP contribution < -0.4 is 4.74 Å². The van der Waals surface area contributed by atoms with Crippen LogP contribution in [0.5, 0.6) is 5.75 Å². The molecule has 1 aromatic carbocycles. The van der Waals surface area contributed by atoms with Crippen LogP contribution in [-0.2, 0) is 6.61 Å². The van der Waals surface area contributed by atoms with Crippen molar-refractivity contribution in [1.82, 2.24) is 4.98 Å². The van der Waals surface area contributed by atoms with Gasteiger partial charge in [0, 0.05) is 11.8 Å². The fraction of sp³-hybridized carbons (Fsp3) is 0.0833. The highest BCUT2D eigenvalue weighted by Gasteiger charge is 2.07. The molecular weight excluding hydrogens is 308 g/mol. The lowest BCUT2D eigenvalue weighted by Crippen LogP contribution is -1.98. The summed E-state index contributed by atoms with van der Waals surface area (Å²) >= 11 is 9.01. The van der Waals surface area contributed by atoms with Gasteiger partial charge in [0.2, 0.25) is 0 Å². The first kappa shape index (κ1) is 12.3. The zero-order valence-electron chi connectivity index (χ0n) is 8.66. The van der Waals surface area contributed by atoms with Crippen LogP contribution in [0.4, 0.5) is 4.39 Å². The molecule has 17 heavy (non-hydrogen) atoms. The second kappa shape index (κ2) is 5.47. The summed E-state index contributed by atoms with van der Waals surface area (Å²) in [5.74, 6) is 0.161. The third kappa shape index (κ3) is 2.96. The third-order valence-electron chi connectivity index (χ3n) is 2.14. The minimum absolute atomic E-state index is 0.226. The van der Waals surface area contributed by atoms with E-state index in [0.717, 1.165) is 0 Å².